The second kappa shape index (κ2) is 51.8. The molecule has 2 fully saturated rings. The number of para-hydroxylation sites is 1. The Hall–Kier alpha value is -9.47. The molecule has 0 saturated carbocycles. The highest BCUT2D eigenvalue weighted by Gasteiger charge is 2.45. The summed E-state index contributed by atoms with van der Waals surface area (Å²) >= 11 is 0.981. The number of nitrogens with one attached hydrogen (secondary N) is 6. The number of carboxylic acid groups (broad SMARTS) is 1. The number of aliphatic imine (C=N–C) groups is 1. The number of carbonyl (C=O) groups is 13. The van der Waals surface area contributed by atoms with Crippen molar-refractivity contribution in [2.45, 2.75) is 183 Å². The maximum atomic E-state index is 15.0. The van der Waals surface area contributed by atoms with Crippen molar-refractivity contribution >= 4 is 143 Å². The third kappa shape index (κ3) is 33.8. The van der Waals surface area contributed by atoms with E-state index in [0.29, 0.717) is 38.0 Å². The van der Waals surface area contributed by atoms with Crippen LogP contribution in [0.5, 0.6) is 0 Å². The molecular weight excluding hydrogens is 1680 g/mol. The number of primary amides is 1. The fourth-order valence-corrected chi connectivity index (χ4v) is 18.8. The number of fused-ring (bicyclic) bond motifs is 7. The van der Waals surface area contributed by atoms with Crippen molar-refractivity contribution in [2.75, 3.05) is 114 Å². The van der Waals surface area contributed by atoms with Gasteiger partial charge >= 0.3 is 5.97 Å². The number of aliphatic carboxylic acids is 1. The van der Waals surface area contributed by atoms with E-state index in [-0.39, 0.29) is 168 Å². The minimum atomic E-state index is -4.40. The van der Waals surface area contributed by atoms with Gasteiger partial charge in [-0.15, -0.1) is 11.8 Å². The maximum absolute atomic E-state index is 15.0. The second-order valence-electron chi connectivity index (χ2n) is 32.0. The van der Waals surface area contributed by atoms with Crippen LogP contribution in [0.2, 0.25) is 0 Å². The first kappa shape index (κ1) is 102. The lowest BCUT2D eigenvalue weighted by molar-refractivity contribution is -0.401. The lowest BCUT2D eigenvalue weighted by Gasteiger charge is -2.27. The maximum Gasteiger partial charge on any atom is 0.304 e. The minimum absolute atomic E-state index is 0.00122. The number of nitrogens with two attached hydrogens (primary N) is 3. The summed E-state index contributed by atoms with van der Waals surface area (Å²) in [7, 11) is -0.448. The number of ether oxygens (including phenoxy) is 4. The molecule has 0 aliphatic carbocycles. The molecule has 0 radical (unpaired) electrons. The van der Waals surface area contributed by atoms with E-state index >= 15 is 0 Å². The Bertz CT molecular complexity index is 4500. The topological polar surface area (TPSA) is 502 Å². The Kier molecular flexibility index (Phi) is 42.5. The monoisotopic (exact) mass is 1800 g/mol. The van der Waals surface area contributed by atoms with Gasteiger partial charge in [-0.3, -0.25) is 71.9 Å². The number of Topliss-reactive ketones (excluding diaryl/α,β-unsaturated/α-hetero) is 5. The normalized spacial score (nSPS) is 21.2. The van der Waals surface area contributed by atoms with E-state index in [0.717, 1.165) is 74.5 Å². The average Bonchev–Trinajstić information content (AvgIpc) is 1.61. The van der Waals surface area contributed by atoms with Gasteiger partial charge in [-0.2, -0.15) is 13.0 Å². The highest BCUT2D eigenvalue weighted by molar-refractivity contribution is 8.76. The van der Waals surface area contributed by atoms with Gasteiger partial charge in [0.25, 0.3) is 10.1 Å². The third-order valence-electron chi connectivity index (χ3n) is 21.6. The Morgan fingerprint density at radius 1 is 0.645 bits per heavy atom. The van der Waals surface area contributed by atoms with Crippen LogP contribution in [0.4, 0.5) is 11.4 Å². The van der Waals surface area contributed by atoms with Gasteiger partial charge in [0.15, 0.2) is 40.6 Å². The van der Waals surface area contributed by atoms with Crippen LogP contribution in [0.15, 0.2) is 119 Å². The molecule has 3 aromatic carbocycles. The van der Waals surface area contributed by atoms with Crippen LogP contribution in [-0.2, 0) is 109 Å². The molecular formula is C87H121N12O21S4+. The number of unbranched alkanes of at least 4 members (excludes halogenated alkanes) is 3. The summed E-state index contributed by atoms with van der Waals surface area (Å²) in [6, 6.07) is 16.2. The molecule has 3 aromatic rings. The van der Waals surface area contributed by atoms with Crippen LogP contribution in [0.3, 0.4) is 0 Å². The molecule has 124 heavy (non-hydrogen) atoms. The number of nitrogens with zero attached hydrogens (tertiary/aromatic N) is 3. The van der Waals surface area contributed by atoms with Crippen LogP contribution in [-0.4, -0.2) is 244 Å². The number of hydrogen-bond acceptors (Lipinski definition) is 24. The molecule has 0 unspecified atom stereocenters. The number of rotatable bonds is 42. The summed E-state index contributed by atoms with van der Waals surface area (Å²) in [4.78, 5) is 185. The number of ketones is 5. The molecule has 678 valence electrons. The Labute approximate surface area is 736 Å². The Morgan fingerprint density at radius 3 is 1.98 bits per heavy atom. The molecule has 4 aliphatic heterocycles. The molecule has 14 N–H and O–H groups in total. The van der Waals surface area contributed by atoms with Gasteiger partial charge in [-0.1, -0.05) is 109 Å². The second-order valence-corrected chi connectivity index (χ2v) is 37.0. The van der Waals surface area contributed by atoms with E-state index in [1.807, 2.05) is 61.9 Å². The minimum Gasteiger partial charge on any atom is -0.481 e. The van der Waals surface area contributed by atoms with Gasteiger partial charge < -0.3 is 78.1 Å². The fraction of sp³-hybridized carbons (Fsp3) is 0.552. The summed E-state index contributed by atoms with van der Waals surface area (Å²) in [6.07, 6.45) is 11.3. The predicted octanol–water partition coefficient (Wildman–Crippen LogP) is 5.52. The van der Waals surface area contributed by atoms with Gasteiger partial charge in [-0.05, 0) is 113 Å². The van der Waals surface area contributed by atoms with Crippen molar-refractivity contribution in [3.05, 3.63) is 126 Å². The highest BCUT2D eigenvalue weighted by atomic mass is 33.1. The van der Waals surface area contributed by atoms with Gasteiger partial charge in [0.05, 0.1) is 79.5 Å². The van der Waals surface area contributed by atoms with Gasteiger partial charge in [0.1, 0.15) is 26.3 Å². The first-order valence-corrected chi connectivity index (χ1v) is 47.0. The quantitative estimate of drug-likeness (QED) is 0.00632. The van der Waals surface area contributed by atoms with Gasteiger partial charge in [0.2, 0.25) is 47.0 Å². The third-order valence-corrected chi connectivity index (χ3v) is 25.9. The predicted molar refractivity (Wildman–Crippen MR) is 474 cm³/mol. The standard InChI is InChI=1S/C87H120N12O21S4/c1-86(2)64-26-14-15-28-71(64)99(76(86)31-12-7-11-30-75-87(3,4)65-49-63(124(114,115)116)33-34-70(65)98(75)5)37-18-8-13-32-78(106)91-35-17-16-27-66-84(113)97-69-55-123-122-54-68(96-83(112)60(48-80(108)109)45-62(101)50-93-81(110)58(46-73(69)103)24-19-36-92-85(89)90)74(104)47-59(44-57-22-9-6-10-23-57)82(111)95-67(53-121-56-79(107)94-66)72(102)29-21-39-118-41-43-119-42-40-117-38-20-25-61(100)51-120-52-77(88)105/h6-7,9-12,14-15,22-23,26,28,30-31,33-34,49,58-60,66-69H,8,13,16-21,24-25,27,29,32,35-48,50-56H2,1-5H3,(H13-,88,89,90,91,92,93,94,95,96,97,105,106,107,108,109,110,111,112,113,114,115,116)/p+1/t58-,59-,60+,66+,67+,68+,69+/m1/s1. The van der Waals surface area contributed by atoms with Crippen LogP contribution >= 0.6 is 33.3 Å². The number of anilines is 1. The summed E-state index contributed by atoms with van der Waals surface area (Å²) in [5.41, 5.74) is 21.9. The summed E-state index contributed by atoms with van der Waals surface area (Å²) in [5, 5.41) is 26.7. The molecule has 0 spiro atoms. The van der Waals surface area contributed by atoms with E-state index in [4.69, 9.17) is 36.1 Å². The smallest absolute Gasteiger partial charge is 0.304 e. The SMILES string of the molecule is C[N+]1=C(/C=C/C=C/C=C2/N(CCCCCC(=O)NCCCC[C@@H]3NC(=O)CSC[C@@H](C(=O)CCCOCCOCCOCCCC(=O)COCC(N)=O)NC(=O)[C@H](Cc4ccccc4)CC(=O)[C@@H]4CSSC[C@H](NC3=O)C(=O)C[C@@H](CCCN=C(N)N)C(=O)NCC(=O)C[C@@H](CC(=O)O)C(=O)N4)c3ccccc3C2(C)C)C(C)(C)c2cc(S(=O)(=O)O)ccc21. The number of amides is 7. The zero-order valence-electron chi connectivity index (χ0n) is 71.3. The summed E-state index contributed by atoms with van der Waals surface area (Å²) in [5.74, 6) is -13.9. The van der Waals surface area contributed by atoms with Crippen LogP contribution in [0, 0.1) is 17.8 Å². The average molecular weight is 1800 g/mol. The molecule has 4 aliphatic rings. The molecule has 7 rings (SSSR count). The van der Waals surface area contributed by atoms with E-state index < -0.39 is 154 Å². The number of guanidine groups is 1. The zero-order valence-corrected chi connectivity index (χ0v) is 74.5. The number of thioether (sulfide) groups is 1. The largest absolute Gasteiger partial charge is 0.481 e. The van der Waals surface area contributed by atoms with E-state index in [1.54, 1.807) is 36.4 Å². The van der Waals surface area contributed by atoms with Crippen molar-refractivity contribution < 1.29 is 104 Å². The van der Waals surface area contributed by atoms with Crippen molar-refractivity contribution in [3.8, 4) is 0 Å². The van der Waals surface area contributed by atoms with Crippen molar-refractivity contribution in [2.24, 2.45) is 39.9 Å². The number of benzene rings is 3. The van der Waals surface area contributed by atoms with Crippen LogP contribution < -0.4 is 54.0 Å². The lowest BCUT2D eigenvalue weighted by Crippen LogP contribution is -2.53. The molecule has 0 aromatic heterocycles. The summed E-state index contributed by atoms with van der Waals surface area (Å²) in [6.45, 7) is 9.30. The highest BCUT2D eigenvalue weighted by Crippen LogP contribution is 2.48. The first-order chi connectivity index (χ1) is 59.1. The fourth-order valence-electron chi connectivity index (χ4n) is 15.0. The number of allylic oxidation sites excluding steroid dienone is 6. The lowest BCUT2D eigenvalue weighted by atomic mass is 9.81. The summed E-state index contributed by atoms with van der Waals surface area (Å²) < 4.78 is 57.7. The van der Waals surface area contributed by atoms with Crippen LogP contribution in [0.25, 0.3) is 0 Å². The van der Waals surface area contributed by atoms with Gasteiger partial charge in [0, 0.05) is 135 Å². The number of hydrogen-bond donors (Lipinski definition) is 11. The number of carbonyl (C=O) groups excluding carboxylic acids is 12. The molecule has 2 bridgehead atoms. The molecule has 2 saturated heterocycles. The zero-order chi connectivity index (χ0) is 90.4. The van der Waals surface area contributed by atoms with E-state index in [2.05, 4.69) is 73.8 Å². The Morgan fingerprint density at radius 2 is 1.30 bits per heavy atom. The Balaban J connectivity index is 1.04. The molecule has 37 heteroatoms. The molecule has 7 atom stereocenters. The van der Waals surface area contributed by atoms with Crippen LogP contribution in [0.1, 0.15) is 154 Å². The first-order valence-electron chi connectivity index (χ1n) is 41.9. The van der Waals surface area contributed by atoms with Gasteiger partial charge in [-0.25, -0.2) is 0 Å². The van der Waals surface area contributed by atoms with E-state index in [1.165, 1.54) is 17.7 Å². The van der Waals surface area contributed by atoms with Crippen molar-refractivity contribution in [1.82, 2.24) is 31.9 Å². The molecule has 33 nitrogen and oxygen atoms in total. The van der Waals surface area contributed by atoms with Crippen molar-refractivity contribution in [3.63, 3.8) is 0 Å². The molecule has 7 amide bonds. The van der Waals surface area contributed by atoms with Crippen molar-refractivity contribution in [1.29, 1.82) is 0 Å². The molecule has 4 heterocycles. The number of carboxylic acids is 1. The van der Waals surface area contributed by atoms with E-state index in [9.17, 15) is 80.4 Å².